The van der Waals surface area contributed by atoms with Crippen LogP contribution in [0.4, 0.5) is 0 Å². The smallest absolute Gasteiger partial charge is 0.261 e. The van der Waals surface area contributed by atoms with Crippen LogP contribution < -0.4 is 15.4 Å². The van der Waals surface area contributed by atoms with E-state index in [1.54, 1.807) is 0 Å². The fourth-order valence-corrected chi connectivity index (χ4v) is 2.48. The van der Waals surface area contributed by atoms with E-state index in [0.29, 0.717) is 25.8 Å². The van der Waals surface area contributed by atoms with Gasteiger partial charge in [-0.1, -0.05) is 18.2 Å². The van der Waals surface area contributed by atoms with Crippen molar-refractivity contribution >= 4 is 11.8 Å². The van der Waals surface area contributed by atoms with Crippen molar-refractivity contribution in [1.82, 2.24) is 10.6 Å². The molecule has 0 bridgehead atoms. The maximum atomic E-state index is 12.1. The van der Waals surface area contributed by atoms with Crippen molar-refractivity contribution in [3.8, 4) is 5.75 Å². The normalized spacial score (nSPS) is 25.2. The van der Waals surface area contributed by atoms with Crippen molar-refractivity contribution in [3.05, 3.63) is 29.8 Å². The second-order valence-corrected chi connectivity index (χ2v) is 4.97. The van der Waals surface area contributed by atoms with Crippen molar-refractivity contribution in [3.63, 3.8) is 0 Å². The number of ether oxygens (including phenoxy) is 1. The molecule has 0 aromatic heterocycles. The molecular weight excluding hydrogens is 244 g/mol. The quantitative estimate of drug-likeness (QED) is 0.808. The number of benzene rings is 1. The Balaban J connectivity index is 1.56. The van der Waals surface area contributed by atoms with E-state index in [1.807, 2.05) is 24.3 Å². The molecule has 2 atom stereocenters. The van der Waals surface area contributed by atoms with Crippen LogP contribution >= 0.6 is 0 Å². The predicted octanol–water partition coefficient (Wildman–Crippen LogP) is 0.385. The maximum Gasteiger partial charge on any atom is 0.261 e. The molecule has 2 N–H and O–H groups in total. The molecule has 0 aliphatic carbocycles. The molecule has 0 radical (unpaired) electrons. The monoisotopic (exact) mass is 260 g/mol. The lowest BCUT2D eigenvalue weighted by Gasteiger charge is -2.24. The number of piperidine rings is 1. The topological polar surface area (TPSA) is 67.4 Å². The molecule has 100 valence electrons. The SMILES string of the molecule is O=C1CCC(NC(=O)C2Cc3ccccc3O2)CN1. The average molecular weight is 260 g/mol. The summed E-state index contributed by atoms with van der Waals surface area (Å²) in [5, 5.41) is 5.69. The minimum Gasteiger partial charge on any atom is -0.480 e. The summed E-state index contributed by atoms with van der Waals surface area (Å²) in [6.07, 6.45) is 1.32. The Morgan fingerprint density at radius 3 is 2.95 bits per heavy atom. The first-order chi connectivity index (χ1) is 9.22. The fraction of sp³-hybridized carbons (Fsp3) is 0.429. The first-order valence-corrected chi connectivity index (χ1v) is 6.54. The lowest BCUT2D eigenvalue weighted by Crippen LogP contribution is -2.51. The second kappa shape index (κ2) is 4.91. The Kier molecular flexibility index (Phi) is 3.11. The van der Waals surface area contributed by atoms with Gasteiger partial charge < -0.3 is 15.4 Å². The predicted molar refractivity (Wildman–Crippen MR) is 68.7 cm³/mol. The lowest BCUT2D eigenvalue weighted by molar-refractivity contribution is -0.129. The molecule has 2 aliphatic heterocycles. The van der Waals surface area contributed by atoms with Crippen LogP contribution in [-0.2, 0) is 16.0 Å². The zero-order chi connectivity index (χ0) is 13.2. The van der Waals surface area contributed by atoms with Gasteiger partial charge in [-0.15, -0.1) is 0 Å². The van der Waals surface area contributed by atoms with Gasteiger partial charge in [0, 0.05) is 25.4 Å². The Morgan fingerprint density at radius 2 is 2.21 bits per heavy atom. The maximum absolute atomic E-state index is 12.1. The van der Waals surface area contributed by atoms with Crippen LogP contribution in [0.2, 0.25) is 0 Å². The minimum absolute atomic E-state index is 0.0116. The van der Waals surface area contributed by atoms with E-state index in [-0.39, 0.29) is 17.9 Å². The van der Waals surface area contributed by atoms with Crippen LogP contribution in [0.5, 0.6) is 5.75 Å². The third kappa shape index (κ3) is 2.54. The fourth-order valence-electron chi connectivity index (χ4n) is 2.48. The minimum atomic E-state index is -0.449. The third-order valence-corrected chi connectivity index (χ3v) is 3.55. The van der Waals surface area contributed by atoms with Crippen LogP contribution in [0.25, 0.3) is 0 Å². The van der Waals surface area contributed by atoms with Crippen molar-refractivity contribution < 1.29 is 14.3 Å². The van der Waals surface area contributed by atoms with Crippen molar-refractivity contribution in [2.45, 2.75) is 31.4 Å². The molecular formula is C14H16N2O3. The molecule has 5 nitrogen and oxygen atoms in total. The molecule has 0 saturated carbocycles. The molecule has 2 unspecified atom stereocenters. The van der Waals surface area contributed by atoms with Gasteiger partial charge in [0.15, 0.2) is 6.10 Å². The molecule has 1 saturated heterocycles. The third-order valence-electron chi connectivity index (χ3n) is 3.55. The number of hydrogen-bond donors (Lipinski definition) is 2. The van der Waals surface area contributed by atoms with Gasteiger partial charge in [0.1, 0.15) is 5.75 Å². The van der Waals surface area contributed by atoms with E-state index < -0.39 is 6.10 Å². The van der Waals surface area contributed by atoms with Crippen LogP contribution in [-0.4, -0.2) is 30.5 Å². The lowest BCUT2D eigenvalue weighted by atomic mass is 10.1. The summed E-state index contributed by atoms with van der Waals surface area (Å²) in [4.78, 5) is 23.2. The molecule has 19 heavy (non-hydrogen) atoms. The van der Waals surface area contributed by atoms with Crippen molar-refractivity contribution in [2.75, 3.05) is 6.54 Å². The Morgan fingerprint density at radius 1 is 1.37 bits per heavy atom. The Hall–Kier alpha value is -2.04. The van der Waals surface area contributed by atoms with Crippen molar-refractivity contribution in [1.29, 1.82) is 0 Å². The second-order valence-electron chi connectivity index (χ2n) is 4.97. The number of hydrogen-bond acceptors (Lipinski definition) is 3. The summed E-state index contributed by atoms with van der Waals surface area (Å²) in [7, 11) is 0. The molecule has 1 fully saturated rings. The highest BCUT2D eigenvalue weighted by atomic mass is 16.5. The highest BCUT2D eigenvalue weighted by molar-refractivity contribution is 5.83. The summed E-state index contributed by atoms with van der Waals surface area (Å²) < 4.78 is 5.63. The van der Waals surface area contributed by atoms with E-state index in [0.717, 1.165) is 11.3 Å². The molecule has 1 aromatic carbocycles. The number of amides is 2. The number of fused-ring (bicyclic) bond motifs is 1. The number of para-hydroxylation sites is 1. The van der Waals surface area contributed by atoms with Gasteiger partial charge in [0.2, 0.25) is 5.91 Å². The molecule has 5 heteroatoms. The number of rotatable bonds is 2. The summed E-state index contributed by atoms with van der Waals surface area (Å²) in [5.41, 5.74) is 1.07. The van der Waals surface area contributed by atoms with Gasteiger partial charge in [-0.2, -0.15) is 0 Å². The highest BCUT2D eigenvalue weighted by Gasteiger charge is 2.30. The van der Waals surface area contributed by atoms with Crippen LogP contribution in [0.3, 0.4) is 0 Å². The van der Waals surface area contributed by atoms with Crippen molar-refractivity contribution in [2.24, 2.45) is 0 Å². The highest BCUT2D eigenvalue weighted by Crippen LogP contribution is 2.28. The Bertz CT molecular complexity index is 480. The van der Waals surface area contributed by atoms with Crippen LogP contribution in [0.15, 0.2) is 24.3 Å². The summed E-state index contributed by atoms with van der Waals surface area (Å²) in [6.45, 7) is 0.504. The number of nitrogens with one attached hydrogen (secondary N) is 2. The van der Waals surface area contributed by atoms with Gasteiger partial charge in [-0.3, -0.25) is 9.59 Å². The molecule has 2 heterocycles. The zero-order valence-electron chi connectivity index (χ0n) is 10.5. The van der Waals surface area contributed by atoms with E-state index in [9.17, 15) is 9.59 Å². The molecule has 2 aliphatic rings. The largest absolute Gasteiger partial charge is 0.480 e. The molecule has 2 amide bonds. The van der Waals surface area contributed by atoms with Gasteiger partial charge in [-0.05, 0) is 18.1 Å². The molecule has 1 aromatic rings. The summed E-state index contributed by atoms with van der Waals surface area (Å²) >= 11 is 0. The van der Waals surface area contributed by atoms with E-state index in [4.69, 9.17) is 4.74 Å². The standard InChI is InChI=1S/C14H16N2O3/c17-13-6-5-10(8-15-13)16-14(18)12-7-9-3-1-2-4-11(9)19-12/h1-4,10,12H,5-8H2,(H,15,17)(H,16,18). The van der Waals surface area contributed by atoms with Crippen LogP contribution in [0, 0.1) is 0 Å². The van der Waals surface area contributed by atoms with Gasteiger partial charge >= 0.3 is 0 Å². The number of carbonyl (C=O) groups is 2. The number of carbonyl (C=O) groups excluding carboxylic acids is 2. The van der Waals surface area contributed by atoms with Gasteiger partial charge in [0.25, 0.3) is 5.91 Å². The average Bonchev–Trinajstić information content (AvgIpc) is 2.85. The molecule has 0 spiro atoms. The van der Waals surface area contributed by atoms with Gasteiger partial charge in [0.05, 0.1) is 0 Å². The van der Waals surface area contributed by atoms with E-state index in [1.165, 1.54) is 0 Å². The van der Waals surface area contributed by atoms with E-state index >= 15 is 0 Å². The summed E-state index contributed by atoms with van der Waals surface area (Å²) in [5.74, 6) is 0.743. The van der Waals surface area contributed by atoms with E-state index in [2.05, 4.69) is 10.6 Å². The first-order valence-electron chi connectivity index (χ1n) is 6.54. The summed E-state index contributed by atoms with van der Waals surface area (Å²) in [6, 6.07) is 7.71. The Labute approximate surface area is 111 Å². The first kappa shape index (κ1) is 12.0. The van der Waals surface area contributed by atoms with Crippen LogP contribution in [0.1, 0.15) is 18.4 Å². The zero-order valence-corrected chi connectivity index (χ0v) is 10.5. The van der Waals surface area contributed by atoms with Gasteiger partial charge in [-0.25, -0.2) is 0 Å². The molecule has 3 rings (SSSR count).